The zero-order valence-electron chi connectivity index (χ0n) is 22.4. The average Bonchev–Trinajstić information content (AvgIpc) is 3.04. The molecule has 2 unspecified atom stereocenters. The SMILES string of the molecule is C1=CC2=C(c3ccc4cccc5c4c3Sc3ccccc3-5)c3ccccc3C(c3ccc4ccccc4c3)C2C=C1. The number of fused-ring (bicyclic) bond motifs is 5. The highest BCUT2D eigenvalue weighted by molar-refractivity contribution is 8.00. The molecule has 0 aromatic heterocycles. The van der Waals surface area contributed by atoms with Gasteiger partial charge in [-0.05, 0) is 66.8 Å². The fraction of sp³-hybridized carbons (Fsp3) is 0.0500. The fourth-order valence-electron chi connectivity index (χ4n) is 7.29. The van der Waals surface area contributed by atoms with E-state index in [-0.39, 0.29) is 11.8 Å². The molecule has 0 bridgehead atoms. The first-order chi connectivity index (χ1) is 20.3. The third-order valence-electron chi connectivity index (χ3n) is 9.07. The van der Waals surface area contributed by atoms with Crippen molar-refractivity contribution in [3.05, 3.63) is 173 Å². The van der Waals surface area contributed by atoms with Crippen molar-refractivity contribution >= 4 is 38.9 Å². The van der Waals surface area contributed by atoms with Gasteiger partial charge >= 0.3 is 0 Å². The van der Waals surface area contributed by atoms with Gasteiger partial charge in [0, 0.05) is 27.0 Å². The highest BCUT2D eigenvalue weighted by Crippen LogP contribution is 2.55. The molecule has 192 valence electrons. The zero-order chi connectivity index (χ0) is 26.9. The van der Waals surface area contributed by atoms with Crippen LogP contribution in [0.2, 0.25) is 0 Å². The summed E-state index contributed by atoms with van der Waals surface area (Å²) < 4.78 is 0. The van der Waals surface area contributed by atoms with Crippen LogP contribution in [0.3, 0.4) is 0 Å². The van der Waals surface area contributed by atoms with Gasteiger partial charge in [0.25, 0.3) is 0 Å². The molecule has 41 heavy (non-hydrogen) atoms. The summed E-state index contributed by atoms with van der Waals surface area (Å²) in [5, 5.41) is 5.28. The van der Waals surface area contributed by atoms with Crippen LogP contribution in [0.25, 0.3) is 38.2 Å². The van der Waals surface area contributed by atoms with Crippen molar-refractivity contribution < 1.29 is 0 Å². The van der Waals surface area contributed by atoms with Crippen molar-refractivity contribution in [2.45, 2.75) is 15.7 Å². The van der Waals surface area contributed by atoms with Crippen LogP contribution >= 0.6 is 11.8 Å². The van der Waals surface area contributed by atoms with Crippen molar-refractivity contribution in [2.75, 3.05) is 0 Å². The lowest BCUT2D eigenvalue weighted by Gasteiger charge is -2.37. The van der Waals surface area contributed by atoms with E-state index < -0.39 is 0 Å². The Morgan fingerprint density at radius 2 is 1.29 bits per heavy atom. The second-order valence-electron chi connectivity index (χ2n) is 11.2. The van der Waals surface area contributed by atoms with Crippen molar-refractivity contribution in [1.29, 1.82) is 0 Å². The third kappa shape index (κ3) is 3.43. The van der Waals surface area contributed by atoms with Crippen molar-refractivity contribution in [3.63, 3.8) is 0 Å². The quantitative estimate of drug-likeness (QED) is 0.211. The van der Waals surface area contributed by atoms with Gasteiger partial charge in [0.15, 0.2) is 0 Å². The zero-order valence-corrected chi connectivity index (χ0v) is 23.2. The lowest BCUT2D eigenvalue weighted by Crippen LogP contribution is -2.23. The van der Waals surface area contributed by atoms with E-state index >= 15 is 0 Å². The third-order valence-corrected chi connectivity index (χ3v) is 10.3. The molecule has 1 heterocycles. The number of rotatable bonds is 2. The molecule has 0 spiro atoms. The summed E-state index contributed by atoms with van der Waals surface area (Å²) in [6.07, 6.45) is 9.25. The average molecular weight is 539 g/mol. The van der Waals surface area contributed by atoms with E-state index in [0.717, 1.165) is 0 Å². The molecule has 0 amide bonds. The van der Waals surface area contributed by atoms with E-state index in [0.29, 0.717) is 0 Å². The van der Waals surface area contributed by atoms with Gasteiger partial charge in [0.1, 0.15) is 0 Å². The van der Waals surface area contributed by atoms with E-state index in [1.807, 2.05) is 11.8 Å². The van der Waals surface area contributed by atoms with Gasteiger partial charge < -0.3 is 0 Å². The van der Waals surface area contributed by atoms with Crippen LogP contribution < -0.4 is 0 Å². The van der Waals surface area contributed by atoms with E-state index in [2.05, 4.69) is 146 Å². The summed E-state index contributed by atoms with van der Waals surface area (Å²) >= 11 is 1.93. The van der Waals surface area contributed by atoms with Gasteiger partial charge in [-0.2, -0.15) is 0 Å². The summed E-state index contributed by atoms with van der Waals surface area (Å²) in [6, 6.07) is 45.2. The first kappa shape index (κ1) is 23.1. The molecule has 0 fully saturated rings. The Balaban J connectivity index is 1.32. The van der Waals surface area contributed by atoms with Crippen LogP contribution in [-0.2, 0) is 0 Å². The summed E-state index contributed by atoms with van der Waals surface area (Å²) in [4.78, 5) is 2.71. The lowest BCUT2D eigenvalue weighted by molar-refractivity contribution is 0.649. The smallest absolute Gasteiger partial charge is 0.0286 e. The molecule has 9 rings (SSSR count). The molecular formula is C40H26S. The highest BCUT2D eigenvalue weighted by atomic mass is 32.2. The van der Waals surface area contributed by atoms with Crippen LogP contribution in [0, 0.1) is 5.92 Å². The number of benzene rings is 6. The summed E-state index contributed by atoms with van der Waals surface area (Å²) in [5.41, 5.74) is 10.9. The standard InChI is InChI=1S/C40H26S/c1-2-11-27-24-28(21-20-25(27)10-1)37-31-14-3-5-16-33(31)39(34-17-6-4-15-32(34)37)35-23-22-26-12-9-18-30-29-13-7-8-19-36(29)41-40(35)38(26)30/h1-24,31,37H. The van der Waals surface area contributed by atoms with Crippen molar-refractivity contribution in [1.82, 2.24) is 0 Å². The Kier molecular flexibility index (Phi) is 5.06. The van der Waals surface area contributed by atoms with Gasteiger partial charge in [-0.3, -0.25) is 0 Å². The molecule has 0 nitrogen and oxygen atoms in total. The van der Waals surface area contributed by atoms with E-state index in [4.69, 9.17) is 0 Å². The number of hydrogen-bond acceptors (Lipinski definition) is 1. The monoisotopic (exact) mass is 538 g/mol. The summed E-state index contributed by atoms with van der Waals surface area (Å²) in [6.45, 7) is 0. The normalized spacial score (nSPS) is 18.3. The first-order valence-corrected chi connectivity index (χ1v) is 15.2. The van der Waals surface area contributed by atoms with E-state index in [1.165, 1.54) is 75.9 Å². The van der Waals surface area contributed by atoms with Crippen LogP contribution in [-0.4, -0.2) is 0 Å². The topological polar surface area (TPSA) is 0 Å². The minimum Gasteiger partial charge on any atom is -0.0881 e. The maximum absolute atomic E-state index is 2.42. The molecule has 0 saturated carbocycles. The van der Waals surface area contributed by atoms with Crippen LogP contribution in [0.15, 0.2) is 161 Å². The Morgan fingerprint density at radius 3 is 2.24 bits per heavy atom. The van der Waals surface area contributed by atoms with Gasteiger partial charge in [-0.15, -0.1) is 0 Å². The molecule has 2 aliphatic carbocycles. The Morgan fingerprint density at radius 1 is 0.537 bits per heavy atom. The maximum Gasteiger partial charge on any atom is 0.0286 e. The van der Waals surface area contributed by atoms with Gasteiger partial charge in [-0.25, -0.2) is 0 Å². The van der Waals surface area contributed by atoms with Gasteiger partial charge in [0.2, 0.25) is 0 Å². The van der Waals surface area contributed by atoms with Crippen molar-refractivity contribution in [3.8, 4) is 11.1 Å². The molecule has 0 saturated heterocycles. The van der Waals surface area contributed by atoms with Crippen LogP contribution in [0.5, 0.6) is 0 Å². The molecule has 6 aromatic rings. The summed E-state index contributed by atoms with van der Waals surface area (Å²) in [7, 11) is 0. The first-order valence-electron chi connectivity index (χ1n) is 14.4. The largest absolute Gasteiger partial charge is 0.0881 e. The highest BCUT2D eigenvalue weighted by Gasteiger charge is 2.36. The van der Waals surface area contributed by atoms with Crippen molar-refractivity contribution in [2.24, 2.45) is 5.92 Å². The maximum atomic E-state index is 2.42. The predicted octanol–water partition coefficient (Wildman–Crippen LogP) is 10.8. The molecule has 1 heteroatoms. The minimum atomic E-state index is 0.261. The predicted molar refractivity (Wildman–Crippen MR) is 174 cm³/mol. The Hall–Kier alpha value is -4.59. The molecule has 6 aromatic carbocycles. The molecule has 2 atom stereocenters. The minimum absolute atomic E-state index is 0.261. The molecule has 0 radical (unpaired) electrons. The number of hydrogen-bond donors (Lipinski definition) is 0. The Bertz CT molecular complexity index is 2140. The fourth-order valence-corrected chi connectivity index (χ4v) is 8.56. The number of allylic oxidation sites excluding steroid dienone is 5. The van der Waals surface area contributed by atoms with E-state index in [1.54, 1.807) is 0 Å². The van der Waals surface area contributed by atoms with Gasteiger partial charge in [-0.1, -0.05) is 151 Å². The Labute approximate surface area is 244 Å². The molecular weight excluding hydrogens is 513 g/mol. The second-order valence-corrected chi connectivity index (χ2v) is 12.3. The van der Waals surface area contributed by atoms with Gasteiger partial charge in [0.05, 0.1) is 0 Å². The lowest BCUT2D eigenvalue weighted by atomic mass is 9.66. The van der Waals surface area contributed by atoms with Crippen LogP contribution in [0.1, 0.15) is 28.2 Å². The molecule has 1 aliphatic heterocycles. The second kappa shape index (κ2) is 8.96. The van der Waals surface area contributed by atoms with Crippen LogP contribution in [0.4, 0.5) is 0 Å². The molecule has 0 N–H and O–H groups in total. The van der Waals surface area contributed by atoms with E-state index in [9.17, 15) is 0 Å². The molecule has 3 aliphatic rings. The summed E-state index contributed by atoms with van der Waals surface area (Å²) in [5.74, 6) is 0.529.